The van der Waals surface area contributed by atoms with Crippen LogP contribution in [0.15, 0.2) is 53.4 Å². The monoisotopic (exact) mass is 465 g/mol. The molecular formula is C21H24ClN3O5S. The molecule has 0 aliphatic carbocycles. The minimum absolute atomic E-state index is 0.147. The smallest absolute Gasteiger partial charge is 0.338 e. The van der Waals surface area contributed by atoms with Gasteiger partial charge in [-0.15, -0.1) is 0 Å². The summed E-state index contributed by atoms with van der Waals surface area (Å²) in [5, 5.41) is 3.26. The Labute approximate surface area is 186 Å². The van der Waals surface area contributed by atoms with Crippen molar-refractivity contribution in [2.24, 2.45) is 0 Å². The number of halogens is 1. The van der Waals surface area contributed by atoms with E-state index in [0.717, 1.165) is 0 Å². The van der Waals surface area contributed by atoms with Crippen molar-refractivity contribution in [1.82, 2.24) is 9.21 Å². The molecule has 0 saturated carbocycles. The van der Waals surface area contributed by atoms with Crippen molar-refractivity contribution in [3.8, 4) is 0 Å². The number of carbonyl (C=O) groups is 2. The van der Waals surface area contributed by atoms with E-state index in [4.69, 9.17) is 16.3 Å². The molecule has 0 atom stereocenters. The summed E-state index contributed by atoms with van der Waals surface area (Å²) in [6, 6.07) is 12.5. The SMILES string of the molecule is CCOC(=O)c1ccc(NC(=O)CN2CCN(S(=O)(=O)c3ccc(Cl)cc3)CC2)cc1. The van der Waals surface area contributed by atoms with Crippen LogP contribution < -0.4 is 5.32 Å². The number of nitrogens with one attached hydrogen (secondary N) is 1. The van der Waals surface area contributed by atoms with Crippen LogP contribution in [-0.2, 0) is 19.6 Å². The van der Waals surface area contributed by atoms with E-state index in [0.29, 0.717) is 49.1 Å². The maximum atomic E-state index is 12.7. The quantitative estimate of drug-likeness (QED) is 0.631. The first-order valence-electron chi connectivity index (χ1n) is 9.84. The number of rotatable bonds is 7. The molecule has 3 rings (SSSR count). The fourth-order valence-electron chi connectivity index (χ4n) is 3.19. The summed E-state index contributed by atoms with van der Waals surface area (Å²) in [6.07, 6.45) is 0. The minimum Gasteiger partial charge on any atom is -0.462 e. The number of esters is 1. The van der Waals surface area contributed by atoms with Gasteiger partial charge in [-0.3, -0.25) is 9.69 Å². The van der Waals surface area contributed by atoms with E-state index in [2.05, 4.69) is 5.32 Å². The molecule has 8 nitrogen and oxygen atoms in total. The lowest BCUT2D eigenvalue weighted by atomic mass is 10.2. The van der Waals surface area contributed by atoms with Crippen molar-refractivity contribution in [1.29, 1.82) is 0 Å². The third kappa shape index (κ3) is 6.04. The number of carbonyl (C=O) groups excluding carboxylic acids is 2. The maximum absolute atomic E-state index is 12.7. The van der Waals surface area contributed by atoms with Crippen LogP contribution in [0.4, 0.5) is 5.69 Å². The average molecular weight is 466 g/mol. The lowest BCUT2D eigenvalue weighted by Crippen LogP contribution is -2.50. The summed E-state index contributed by atoms with van der Waals surface area (Å²) >= 11 is 5.83. The summed E-state index contributed by atoms with van der Waals surface area (Å²) in [5.41, 5.74) is 0.986. The van der Waals surface area contributed by atoms with Crippen LogP contribution in [0.1, 0.15) is 17.3 Å². The van der Waals surface area contributed by atoms with Crippen LogP contribution in [0.2, 0.25) is 5.02 Å². The molecule has 1 heterocycles. The number of piperazine rings is 1. The molecule has 0 aromatic heterocycles. The van der Waals surface area contributed by atoms with Gasteiger partial charge in [-0.05, 0) is 55.5 Å². The van der Waals surface area contributed by atoms with Gasteiger partial charge in [-0.2, -0.15) is 4.31 Å². The molecule has 1 aliphatic heterocycles. The number of sulfonamides is 1. The molecule has 31 heavy (non-hydrogen) atoms. The predicted molar refractivity (Wildman–Crippen MR) is 118 cm³/mol. The molecule has 1 N–H and O–H groups in total. The zero-order valence-electron chi connectivity index (χ0n) is 17.1. The summed E-state index contributed by atoms with van der Waals surface area (Å²) < 4.78 is 31.8. The Kier molecular flexibility index (Phi) is 7.66. The van der Waals surface area contributed by atoms with Gasteiger partial charge >= 0.3 is 5.97 Å². The molecule has 2 aromatic rings. The standard InChI is InChI=1S/C21H24ClN3O5S/c1-2-30-21(27)16-3-7-18(8-4-16)23-20(26)15-24-11-13-25(14-12-24)31(28,29)19-9-5-17(22)6-10-19/h3-10H,2,11-15H2,1H3,(H,23,26). The molecule has 1 amide bonds. The number of hydrogen-bond acceptors (Lipinski definition) is 6. The van der Waals surface area contributed by atoms with E-state index in [1.807, 2.05) is 4.90 Å². The molecule has 1 fully saturated rings. The van der Waals surface area contributed by atoms with E-state index >= 15 is 0 Å². The molecule has 1 saturated heterocycles. The third-order valence-electron chi connectivity index (χ3n) is 4.83. The van der Waals surface area contributed by atoms with Gasteiger partial charge in [-0.25, -0.2) is 13.2 Å². The Morgan fingerprint density at radius 1 is 1.00 bits per heavy atom. The largest absolute Gasteiger partial charge is 0.462 e. The highest BCUT2D eigenvalue weighted by atomic mass is 35.5. The Bertz CT molecular complexity index is 1020. The normalized spacial score (nSPS) is 15.4. The van der Waals surface area contributed by atoms with Gasteiger partial charge in [0.05, 0.1) is 23.6 Å². The first-order chi connectivity index (χ1) is 14.8. The minimum atomic E-state index is -3.58. The number of ether oxygens (including phenoxy) is 1. The Morgan fingerprint density at radius 3 is 2.19 bits per heavy atom. The number of anilines is 1. The second-order valence-corrected chi connectivity index (χ2v) is 9.35. The average Bonchev–Trinajstić information content (AvgIpc) is 2.75. The Morgan fingerprint density at radius 2 is 1.61 bits per heavy atom. The highest BCUT2D eigenvalue weighted by molar-refractivity contribution is 7.89. The van der Waals surface area contributed by atoms with Crippen molar-refractivity contribution in [2.75, 3.05) is 44.6 Å². The van der Waals surface area contributed by atoms with Gasteiger partial charge in [0.25, 0.3) is 0 Å². The van der Waals surface area contributed by atoms with Crippen molar-refractivity contribution in [3.05, 3.63) is 59.1 Å². The van der Waals surface area contributed by atoms with E-state index in [9.17, 15) is 18.0 Å². The van der Waals surface area contributed by atoms with Gasteiger partial charge in [0, 0.05) is 36.9 Å². The van der Waals surface area contributed by atoms with Crippen molar-refractivity contribution >= 4 is 39.2 Å². The van der Waals surface area contributed by atoms with Gasteiger partial charge < -0.3 is 10.1 Å². The van der Waals surface area contributed by atoms with Crippen LogP contribution >= 0.6 is 11.6 Å². The van der Waals surface area contributed by atoms with Crippen molar-refractivity contribution in [2.45, 2.75) is 11.8 Å². The van der Waals surface area contributed by atoms with Crippen molar-refractivity contribution in [3.63, 3.8) is 0 Å². The zero-order chi connectivity index (χ0) is 22.4. The number of benzene rings is 2. The molecule has 0 bridgehead atoms. The molecule has 2 aromatic carbocycles. The van der Waals surface area contributed by atoms with E-state index < -0.39 is 16.0 Å². The lowest BCUT2D eigenvalue weighted by Gasteiger charge is -2.33. The van der Waals surface area contributed by atoms with Crippen LogP contribution in [0.5, 0.6) is 0 Å². The predicted octanol–water partition coefficient (Wildman–Crippen LogP) is 2.46. The third-order valence-corrected chi connectivity index (χ3v) is 6.99. The highest BCUT2D eigenvalue weighted by Crippen LogP contribution is 2.20. The van der Waals surface area contributed by atoms with Crippen molar-refractivity contribution < 1.29 is 22.7 Å². The Hall–Kier alpha value is -2.46. The molecule has 0 unspecified atom stereocenters. The fraction of sp³-hybridized carbons (Fsp3) is 0.333. The summed E-state index contributed by atoms with van der Waals surface area (Å²) in [5.74, 6) is -0.621. The number of nitrogens with zero attached hydrogens (tertiary/aromatic N) is 2. The Balaban J connectivity index is 1.50. The van der Waals surface area contributed by atoms with Gasteiger partial charge in [0.15, 0.2) is 0 Å². The highest BCUT2D eigenvalue weighted by Gasteiger charge is 2.29. The van der Waals surface area contributed by atoms with Crippen LogP contribution in [0, 0.1) is 0 Å². The molecule has 1 aliphatic rings. The van der Waals surface area contributed by atoms with E-state index in [-0.39, 0.29) is 17.3 Å². The lowest BCUT2D eigenvalue weighted by molar-refractivity contribution is -0.117. The second-order valence-electron chi connectivity index (χ2n) is 6.98. The first-order valence-corrected chi connectivity index (χ1v) is 11.7. The topological polar surface area (TPSA) is 96.0 Å². The summed E-state index contributed by atoms with van der Waals surface area (Å²) in [6.45, 7) is 3.67. The molecule has 0 spiro atoms. The van der Waals surface area contributed by atoms with Gasteiger partial charge in [-0.1, -0.05) is 11.6 Å². The zero-order valence-corrected chi connectivity index (χ0v) is 18.7. The van der Waals surface area contributed by atoms with Gasteiger partial charge in [0.1, 0.15) is 0 Å². The maximum Gasteiger partial charge on any atom is 0.338 e. The fourth-order valence-corrected chi connectivity index (χ4v) is 4.74. The number of hydrogen-bond donors (Lipinski definition) is 1. The number of amides is 1. The van der Waals surface area contributed by atoms with Crippen LogP contribution in [-0.4, -0.2) is 68.8 Å². The van der Waals surface area contributed by atoms with Gasteiger partial charge in [0.2, 0.25) is 15.9 Å². The second kappa shape index (κ2) is 10.2. The molecule has 166 valence electrons. The van der Waals surface area contributed by atoms with E-state index in [1.54, 1.807) is 43.3 Å². The van der Waals surface area contributed by atoms with E-state index in [1.165, 1.54) is 16.4 Å². The molecular weight excluding hydrogens is 442 g/mol. The first kappa shape index (κ1) is 23.2. The summed E-state index contributed by atoms with van der Waals surface area (Å²) in [4.78, 5) is 26.1. The molecule has 10 heteroatoms. The van der Waals surface area contributed by atoms with Crippen LogP contribution in [0.25, 0.3) is 0 Å². The summed E-state index contributed by atoms with van der Waals surface area (Å²) in [7, 11) is -3.58. The van der Waals surface area contributed by atoms with Crippen LogP contribution in [0.3, 0.4) is 0 Å². The molecule has 0 radical (unpaired) electrons.